The first-order chi connectivity index (χ1) is 12.1. The van der Waals surface area contributed by atoms with Crippen molar-refractivity contribution in [2.24, 2.45) is 5.92 Å². The summed E-state index contributed by atoms with van der Waals surface area (Å²) in [6.07, 6.45) is 3.12. The van der Waals surface area contributed by atoms with Crippen LogP contribution in [0.15, 0.2) is 24.3 Å². The Bertz CT molecular complexity index is 627. The predicted molar refractivity (Wildman–Crippen MR) is 96.0 cm³/mol. The summed E-state index contributed by atoms with van der Waals surface area (Å²) in [6.45, 7) is 5.84. The highest BCUT2D eigenvalue weighted by Crippen LogP contribution is 2.29. The smallest absolute Gasteiger partial charge is 0.223 e. The van der Waals surface area contributed by atoms with Crippen molar-refractivity contribution in [3.8, 4) is 0 Å². The van der Waals surface area contributed by atoms with E-state index in [0.717, 1.165) is 18.4 Å². The van der Waals surface area contributed by atoms with Gasteiger partial charge in [-0.25, -0.2) is 0 Å². The number of carbonyl (C=O) groups is 2. The average molecular weight is 344 g/mol. The molecule has 1 aliphatic heterocycles. The molecule has 2 fully saturated rings. The lowest BCUT2D eigenvalue weighted by Gasteiger charge is -2.38. The highest BCUT2D eigenvalue weighted by atomic mass is 16.5. The van der Waals surface area contributed by atoms with E-state index in [2.05, 4.69) is 24.4 Å². The number of carbonyl (C=O) groups excluding carboxylic acids is 2. The van der Waals surface area contributed by atoms with Crippen molar-refractivity contribution >= 4 is 11.8 Å². The van der Waals surface area contributed by atoms with Gasteiger partial charge in [-0.3, -0.25) is 9.59 Å². The molecule has 2 aliphatic rings. The first kappa shape index (κ1) is 17.9. The van der Waals surface area contributed by atoms with E-state index < -0.39 is 0 Å². The molecule has 2 amide bonds. The zero-order valence-electron chi connectivity index (χ0n) is 15.2. The van der Waals surface area contributed by atoms with Gasteiger partial charge < -0.3 is 15.0 Å². The Morgan fingerprint density at radius 1 is 1.28 bits per heavy atom. The maximum Gasteiger partial charge on any atom is 0.223 e. The minimum atomic E-state index is -0.0593. The molecule has 1 heterocycles. The molecule has 0 spiro atoms. The lowest BCUT2D eigenvalue weighted by molar-refractivity contribution is -0.144. The van der Waals surface area contributed by atoms with Crippen LogP contribution in [-0.2, 0) is 14.3 Å². The second-order valence-electron chi connectivity index (χ2n) is 7.24. The maximum atomic E-state index is 12.6. The Morgan fingerprint density at radius 3 is 2.76 bits per heavy atom. The van der Waals surface area contributed by atoms with Crippen molar-refractivity contribution in [3.63, 3.8) is 0 Å². The Balaban J connectivity index is 1.50. The van der Waals surface area contributed by atoms with Gasteiger partial charge >= 0.3 is 0 Å². The Kier molecular flexibility index (Phi) is 5.74. The van der Waals surface area contributed by atoms with Crippen molar-refractivity contribution in [3.05, 3.63) is 35.4 Å². The molecule has 1 aromatic rings. The summed E-state index contributed by atoms with van der Waals surface area (Å²) in [7, 11) is 0. The van der Waals surface area contributed by atoms with Crippen molar-refractivity contribution < 1.29 is 14.3 Å². The number of amides is 2. The molecule has 5 nitrogen and oxygen atoms in total. The van der Waals surface area contributed by atoms with Gasteiger partial charge in [0, 0.05) is 18.9 Å². The quantitative estimate of drug-likeness (QED) is 0.807. The Morgan fingerprint density at radius 2 is 2.04 bits per heavy atom. The van der Waals surface area contributed by atoms with Gasteiger partial charge in [-0.1, -0.05) is 24.3 Å². The number of morpholine rings is 1. The molecule has 5 heteroatoms. The van der Waals surface area contributed by atoms with Gasteiger partial charge in [-0.05, 0) is 44.2 Å². The largest absolute Gasteiger partial charge is 0.370 e. The number of rotatable bonds is 6. The first-order valence-electron chi connectivity index (χ1n) is 9.30. The standard InChI is InChI=1S/C20H28N2O3/c1-14-6-3-4-7-17(14)18-12-22(15(2)13-25-18)19(23)8-5-11-21-20(24)16-9-10-16/h3-4,6-7,15-16,18H,5,8-13H2,1-2H3,(H,21,24)/t15-,18-/m0/s1. The van der Waals surface area contributed by atoms with Gasteiger partial charge in [0.05, 0.1) is 19.2 Å². The molecule has 1 aromatic carbocycles. The van der Waals surface area contributed by atoms with E-state index >= 15 is 0 Å². The van der Waals surface area contributed by atoms with Crippen molar-refractivity contribution in [2.75, 3.05) is 19.7 Å². The van der Waals surface area contributed by atoms with Gasteiger partial charge in [0.1, 0.15) is 6.10 Å². The van der Waals surface area contributed by atoms with E-state index in [4.69, 9.17) is 4.74 Å². The SMILES string of the molecule is Cc1ccccc1[C@@H]1CN(C(=O)CCCNC(=O)C2CC2)[C@@H](C)CO1. The minimum absolute atomic E-state index is 0.0593. The fraction of sp³-hybridized carbons (Fsp3) is 0.600. The molecule has 136 valence electrons. The molecular formula is C20H28N2O3. The number of nitrogens with zero attached hydrogens (tertiary/aromatic N) is 1. The van der Waals surface area contributed by atoms with Crippen LogP contribution >= 0.6 is 0 Å². The van der Waals surface area contributed by atoms with Gasteiger partial charge in [0.2, 0.25) is 11.8 Å². The third kappa shape index (κ3) is 4.60. The highest BCUT2D eigenvalue weighted by molar-refractivity contribution is 5.81. The van der Waals surface area contributed by atoms with E-state index in [1.165, 1.54) is 5.56 Å². The molecule has 1 saturated carbocycles. The number of aryl methyl sites for hydroxylation is 1. The zero-order valence-corrected chi connectivity index (χ0v) is 15.2. The van der Waals surface area contributed by atoms with Crippen LogP contribution in [0.25, 0.3) is 0 Å². The Labute approximate surface area is 149 Å². The summed E-state index contributed by atoms with van der Waals surface area (Å²) in [5.41, 5.74) is 2.35. The number of hydrogen-bond donors (Lipinski definition) is 1. The van der Waals surface area contributed by atoms with Crippen molar-refractivity contribution in [1.29, 1.82) is 0 Å². The third-order valence-corrected chi connectivity index (χ3v) is 5.10. The maximum absolute atomic E-state index is 12.6. The number of benzene rings is 1. The second kappa shape index (κ2) is 8.00. The van der Waals surface area contributed by atoms with Gasteiger partial charge in [0.15, 0.2) is 0 Å². The lowest BCUT2D eigenvalue weighted by Crippen LogP contribution is -2.48. The summed E-state index contributed by atoms with van der Waals surface area (Å²) in [5, 5.41) is 2.92. The Hall–Kier alpha value is -1.88. The summed E-state index contributed by atoms with van der Waals surface area (Å²) < 4.78 is 5.98. The molecule has 0 bridgehead atoms. The van der Waals surface area contributed by atoms with Gasteiger partial charge in [0.25, 0.3) is 0 Å². The minimum Gasteiger partial charge on any atom is -0.370 e. The molecule has 25 heavy (non-hydrogen) atoms. The number of nitrogens with one attached hydrogen (secondary N) is 1. The fourth-order valence-corrected chi connectivity index (χ4v) is 3.33. The fourth-order valence-electron chi connectivity index (χ4n) is 3.33. The molecule has 3 rings (SSSR count). The summed E-state index contributed by atoms with van der Waals surface area (Å²) in [6, 6.07) is 8.27. The summed E-state index contributed by atoms with van der Waals surface area (Å²) in [4.78, 5) is 26.2. The van der Waals surface area contributed by atoms with E-state index in [1.807, 2.05) is 24.0 Å². The van der Waals surface area contributed by atoms with Crippen LogP contribution in [-0.4, -0.2) is 42.5 Å². The van der Waals surface area contributed by atoms with Crippen LogP contribution in [0, 0.1) is 12.8 Å². The molecular weight excluding hydrogens is 316 g/mol. The van der Waals surface area contributed by atoms with Gasteiger partial charge in [-0.15, -0.1) is 0 Å². The van der Waals surface area contributed by atoms with Crippen LogP contribution in [0.3, 0.4) is 0 Å². The van der Waals surface area contributed by atoms with Crippen LogP contribution < -0.4 is 5.32 Å². The van der Waals surface area contributed by atoms with Crippen LogP contribution in [0.2, 0.25) is 0 Å². The molecule has 1 aliphatic carbocycles. The van der Waals surface area contributed by atoms with Crippen LogP contribution in [0.1, 0.15) is 49.8 Å². The number of hydrogen-bond acceptors (Lipinski definition) is 3. The van der Waals surface area contributed by atoms with E-state index in [-0.39, 0.29) is 29.9 Å². The van der Waals surface area contributed by atoms with E-state index in [9.17, 15) is 9.59 Å². The molecule has 0 unspecified atom stereocenters. The predicted octanol–water partition coefficient (Wildman–Crippen LogP) is 2.59. The van der Waals surface area contributed by atoms with Crippen molar-refractivity contribution in [2.45, 2.75) is 51.7 Å². The van der Waals surface area contributed by atoms with Crippen molar-refractivity contribution in [1.82, 2.24) is 10.2 Å². The van der Waals surface area contributed by atoms with E-state index in [0.29, 0.717) is 32.5 Å². The number of ether oxygens (including phenoxy) is 1. The lowest BCUT2D eigenvalue weighted by atomic mass is 10.0. The van der Waals surface area contributed by atoms with E-state index in [1.54, 1.807) is 0 Å². The first-order valence-corrected chi connectivity index (χ1v) is 9.30. The zero-order chi connectivity index (χ0) is 17.8. The summed E-state index contributed by atoms with van der Waals surface area (Å²) in [5.74, 6) is 0.520. The molecule has 1 N–H and O–H groups in total. The molecule has 2 atom stereocenters. The molecule has 0 aromatic heterocycles. The normalized spacial score (nSPS) is 23.4. The highest BCUT2D eigenvalue weighted by Gasteiger charge is 2.31. The van der Waals surface area contributed by atoms with Gasteiger partial charge in [-0.2, -0.15) is 0 Å². The molecule has 1 saturated heterocycles. The topological polar surface area (TPSA) is 58.6 Å². The van der Waals surface area contributed by atoms with Crippen LogP contribution in [0.4, 0.5) is 0 Å². The van der Waals surface area contributed by atoms with Crippen LogP contribution in [0.5, 0.6) is 0 Å². The second-order valence-corrected chi connectivity index (χ2v) is 7.24. The third-order valence-electron chi connectivity index (χ3n) is 5.10. The molecule has 0 radical (unpaired) electrons. The monoisotopic (exact) mass is 344 g/mol. The average Bonchev–Trinajstić information content (AvgIpc) is 3.44. The summed E-state index contributed by atoms with van der Waals surface area (Å²) >= 11 is 0.